The lowest BCUT2D eigenvalue weighted by molar-refractivity contribution is 0.505. The molecule has 2 heteroatoms. The van der Waals surface area contributed by atoms with Crippen LogP contribution < -0.4 is 0 Å². The number of nitrogens with zero attached hydrogens (tertiary/aromatic N) is 1. The van der Waals surface area contributed by atoms with Crippen LogP contribution in [0.4, 0.5) is 0 Å². The van der Waals surface area contributed by atoms with Crippen LogP contribution in [0.1, 0.15) is 110 Å². The normalized spacial score (nSPS) is 11.4. The second-order valence-corrected chi connectivity index (χ2v) is 7.84. The summed E-state index contributed by atoms with van der Waals surface area (Å²) >= 11 is 3.45. The molecule has 0 bridgehead atoms. The van der Waals surface area contributed by atoms with Crippen molar-refractivity contribution in [1.29, 1.82) is 0 Å². The van der Waals surface area contributed by atoms with E-state index in [4.69, 9.17) is 0 Å². The predicted octanol–water partition coefficient (Wildman–Crippen LogP) is 7.49. The molecule has 0 fully saturated rings. The minimum Gasteiger partial charge on any atom is -0.245 e. The highest BCUT2D eigenvalue weighted by molar-refractivity contribution is 9.07. The Morgan fingerprint density at radius 3 is 1.10 bits per heavy atom. The fourth-order valence-electron chi connectivity index (χ4n) is 2.88. The Bertz CT molecular complexity index is 182. The van der Waals surface area contributed by atoms with Crippen LogP contribution >= 0.6 is 16.1 Å². The van der Waals surface area contributed by atoms with E-state index in [2.05, 4.69) is 34.0 Å². The molecule has 0 aromatic rings. The van der Waals surface area contributed by atoms with Crippen LogP contribution in [-0.4, -0.2) is 17.5 Å². The lowest BCUT2D eigenvalue weighted by atomic mass is 10.0. The highest BCUT2D eigenvalue weighted by atomic mass is 79.9. The lowest BCUT2D eigenvalue weighted by Crippen LogP contribution is -2.04. The van der Waals surface area contributed by atoms with E-state index in [1.807, 2.05) is 0 Å². The van der Waals surface area contributed by atoms with Crippen LogP contribution in [0, 0.1) is 0 Å². The van der Waals surface area contributed by atoms with Crippen LogP contribution in [-0.2, 0) is 0 Å². The van der Waals surface area contributed by atoms with E-state index < -0.39 is 0 Å². The molecule has 0 N–H and O–H groups in total. The fourth-order valence-corrected chi connectivity index (χ4v) is 3.13. The van der Waals surface area contributed by atoms with Gasteiger partial charge in [0.1, 0.15) is 0 Å². The molecule has 0 heterocycles. The molecule has 0 aliphatic heterocycles. The van der Waals surface area contributed by atoms with E-state index >= 15 is 0 Å². The summed E-state index contributed by atoms with van der Waals surface area (Å²) < 4.78 is 2.11. The SMILES string of the molecule is CCCCCCCCCCCCCCCCCCN(C)Br. The number of hydrogen-bond acceptors (Lipinski definition) is 1. The molecular formula is C19H40BrN. The highest BCUT2D eigenvalue weighted by Crippen LogP contribution is 2.13. The Labute approximate surface area is 143 Å². The second-order valence-electron chi connectivity index (χ2n) is 6.63. The Hall–Kier alpha value is 0.440. The van der Waals surface area contributed by atoms with Gasteiger partial charge in [-0.15, -0.1) is 0 Å². The van der Waals surface area contributed by atoms with Crippen molar-refractivity contribution in [2.45, 2.75) is 110 Å². The van der Waals surface area contributed by atoms with Gasteiger partial charge in [0.05, 0.1) is 0 Å². The molecule has 0 amide bonds. The van der Waals surface area contributed by atoms with E-state index in [1.54, 1.807) is 0 Å². The molecule has 0 atom stereocenters. The molecule has 0 aliphatic carbocycles. The summed E-state index contributed by atoms with van der Waals surface area (Å²) in [5, 5.41) is 0. The third-order valence-electron chi connectivity index (χ3n) is 4.32. The van der Waals surface area contributed by atoms with Gasteiger partial charge in [0.25, 0.3) is 0 Å². The molecule has 0 rings (SSSR count). The summed E-state index contributed by atoms with van der Waals surface area (Å²) in [4.78, 5) is 0. The molecule has 0 unspecified atom stereocenters. The van der Waals surface area contributed by atoms with Crippen molar-refractivity contribution < 1.29 is 0 Å². The minimum absolute atomic E-state index is 1.18. The summed E-state index contributed by atoms with van der Waals surface area (Å²) in [6.07, 6.45) is 23.1. The van der Waals surface area contributed by atoms with Crippen LogP contribution in [0.2, 0.25) is 0 Å². The van der Waals surface area contributed by atoms with Gasteiger partial charge in [-0.3, -0.25) is 0 Å². The zero-order chi connectivity index (χ0) is 15.6. The van der Waals surface area contributed by atoms with Crippen LogP contribution in [0.25, 0.3) is 0 Å². The largest absolute Gasteiger partial charge is 0.245 e. The predicted molar refractivity (Wildman–Crippen MR) is 101 cm³/mol. The third-order valence-corrected chi connectivity index (χ3v) is 4.67. The van der Waals surface area contributed by atoms with E-state index in [0.717, 1.165) is 0 Å². The smallest absolute Gasteiger partial charge is 0.0117 e. The maximum atomic E-state index is 3.45. The van der Waals surface area contributed by atoms with Crippen molar-refractivity contribution in [2.75, 3.05) is 13.6 Å². The standard InChI is InChI=1S/C19H40BrN/c1-3-4-5-6-7-8-9-10-11-12-13-14-15-16-17-18-19-21(2)20/h3-19H2,1-2H3. The van der Waals surface area contributed by atoms with E-state index in [-0.39, 0.29) is 0 Å². The lowest BCUT2D eigenvalue weighted by Gasteiger charge is -2.06. The van der Waals surface area contributed by atoms with Gasteiger partial charge < -0.3 is 0 Å². The van der Waals surface area contributed by atoms with Gasteiger partial charge >= 0.3 is 0 Å². The monoisotopic (exact) mass is 361 g/mol. The zero-order valence-corrected chi connectivity index (χ0v) is 16.4. The Kier molecular flexibility index (Phi) is 18.9. The average Bonchev–Trinajstić information content (AvgIpc) is 2.46. The topological polar surface area (TPSA) is 3.24 Å². The molecule has 0 saturated heterocycles. The summed E-state index contributed by atoms with van der Waals surface area (Å²) in [5.74, 6) is 0. The summed E-state index contributed by atoms with van der Waals surface area (Å²) in [6.45, 7) is 3.47. The summed E-state index contributed by atoms with van der Waals surface area (Å²) in [7, 11) is 2.09. The van der Waals surface area contributed by atoms with Gasteiger partial charge in [-0.2, -0.15) is 0 Å². The molecule has 0 spiro atoms. The minimum atomic E-state index is 1.18. The number of halogens is 1. The van der Waals surface area contributed by atoms with Gasteiger partial charge in [-0.05, 0) is 13.5 Å². The molecule has 128 valence electrons. The second kappa shape index (κ2) is 18.5. The van der Waals surface area contributed by atoms with Gasteiger partial charge in [0, 0.05) is 22.7 Å². The molecule has 21 heavy (non-hydrogen) atoms. The molecular weight excluding hydrogens is 322 g/mol. The Balaban J connectivity index is 2.93. The van der Waals surface area contributed by atoms with Crippen molar-refractivity contribution in [3.05, 3.63) is 0 Å². The third kappa shape index (κ3) is 20.4. The summed E-state index contributed by atoms with van der Waals surface area (Å²) in [5.41, 5.74) is 0. The number of rotatable bonds is 17. The van der Waals surface area contributed by atoms with Crippen molar-refractivity contribution in [2.24, 2.45) is 0 Å². The van der Waals surface area contributed by atoms with Crippen LogP contribution in [0.5, 0.6) is 0 Å². The first kappa shape index (κ1) is 21.4. The first-order valence-corrected chi connectivity index (χ1v) is 10.3. The number of hydrogen-bond donors (Lipinski definition) is 0. The van der Waals surface area contributed by atoms with Crippen molar-refractivity contribution in [1.82, 2.24) is 3.93 Å². The van der Waals surface area contributed by atoms with E-state index in [0.29, 0.717) is 0 Å². The number of unbranched alkanes of at least 4 members (excludes halogenated alkanes) is 15. The Morgan fingerprint density at radius 2 is 0.810 bits per heavy atom. The van der Waals surface area contributed by atoms with Crippen LogP contribution in [0.3, 0.4) is 0 Å². The highest BCUT2D eigenvalue weighted by Gasteiger charge is 1.95. The molecule has 1 nitrogen and oxygen atoms in total. The first-order valence-electron chi connectivity index (χ1n) is 9.64. The van der Waals surface area contributed by atoms with Gasteiger partial charge in [0.15, 0.2) is 0 Å². The Morgan fingerprint density at radius 1 is 0.524 bits per heavy atom. The first-order chi connectivity index (χ1) is 10.3. The van der Waals surface area contributed by atoms with E-state index in [1.165, 1.54) is 109 Å². The summed E-state index contributed by atoms with van der Waals surface area (Å²) in [6, 6.07) is 0. The van der Waals surface area contributed by atoms with Gasteiger partial charge in [0.2, 0.25) is 0 Å². The van der Waals surface area contributed by atoms with Crippen molar-refractivity contribution in [3.8, 4) is 0 Å². The molecule has 0 aliphatic rings. The van der Waals surface area contributed by atoms with Gasteiger partial charge in [-0.1, -0.05) is 103 Å². The molecule has 0 aromatic heterocycles. The molecule has 0 saturated carbocycles. The average molecular weight is 362 g/mol. The zero-order valence-electron chi connectivity index (χ0n) is 14.8. The molecule has 0 aromatic carbocycles. The van der Waals surface area contributed by atoms with E-state index in [9.17, 15) is 0 Å². The maximum Gasteiger partial charge on any atom is 0.0117 e. The molecule has 0 radical (unpaired) electrons. The van der Waals surface area contributed by atoms with Crippen molar-refractivity contribution >= 4 is 16.1 Å². The van der Waals surface area contributed by atoms with Crippen molar-refractivity contribution in [3.63, 3.8) is 0 Å². The maximum absolute atomic E-state index is 3.45. The quantitative estimate of drug-likeness (QED) is 0.191. The van der Waals surface area contributed by atoms with Crippen LogP contribution in [0.15, 0.2) is 0 Å². The fraction of sp³-hybridized carbons (Fsp3) is 1.00. The van der Waals surface area contributed by atoms with Gasteiger partial charge in [-0.25, -0.2) is 3.93 Å².